The summed E-state index contributed by atoms with van der Waals surface area (Å²) in [6, 6.07) is 2.92. The summed E-state index contributed by atoms with van der Waals surface area (Å²) in [5.74, 6) is 0. The number of hydrogen-bond acceptors (Lipinski definition) is 4. The maximum atomic E-state index is 12.2. The standard InChI is InChI=1S/C9H15N3O3S/c10-6-8-7-15-5-4-12(8)16(13,14)9-2-1-3-11-9/h1-3,8,11H,4-7,10H2. The molecule has 0 aromatic carbocycles. The van der Waals surface area contributed by atoms with Crippen LogP contribution in [-0.2, 0) is 14.8 Å². The Morgan fingerprint density at radius 3 is 3.06 bits per heavy atom. The summed E-state index contributed by atoms with van der Waals surface area (Å²) < 4.78 is 31.0. The van der Waals surface area contributed by atoms with E-state index in [1.54, 1.807) is 18.3 Å². The van der Waals surface area contributed by atoms with Gasteiger partial charge in [-0.25, -0.2) is 8.42 Å². The maximum Gasteiger partial charge on any atom is 0.258 e. The molecule has 1 aromatic rings. The van der Waals surface area contributed by atoms with Gasteiger partial charge in [0.2, 0.25) is 0 Å². The third kappa shape index (κ3) is 1.99. The van der Waals surface area contributed by atoms with Crippen LogP contribution < -0.4 is 5.73 Å². The van der Waals surface area contributed by atoms with Gasteiger partial charge in [-0.15, -0.1) is 0 Å². The van der Waals surface area contributed by atoms with Crippen molar-refractivity contribution in [3.63, 3.8) is 0 Å². The van der Waals surface area contributed by atoms with E-state index in [1.807, 2.05) is 0 Å². The number of nitrogens with two attached hydrogens (primary N) is 1. The van der Waals surface area contributed by atoms with Crippen LogP contribution >= 0.6 is 0 Å². The quantitative estimate of drug-likeness (QED) is 0.741. The molecular formula is C9H15N3O3S. The Kier molecular flexibility index (Phi) is 3.29. The average molecular weight is 245 g/mol. The Morgan fingerprint density at radius 2 is 2.44 bits per heavy atom. The van der Waals surface area contributed by atoms with Gasteiger partial charge in [-0.05, 0) is 12.1 Å². The minimum atomic E-state index is -3.46. The number of morpholine rings is 1. The molecule has 2 heterocycles. The van der Waals surface area contributed by atoms with Crippen LogP contribution in [0.15, 0.2) is 23.4 Å². The Hall–Kier alpha value is -0.890. The number of sulfonamides is 1. The van der Waals surface area contributed by atoms with E-state index in [0.29, 0.717) is 19.8 Å². The van der Waals surface area contributed by atoms with Gasteiger partial charge >= 0.3 is 0 Å². The van der Waals surface area contributed by atoms with Crippen molar-refractivity contribution in [3.8, 4) is 0 Å². The molecule has 16 heavy (non-hydrogen) atoms. The van der Waals surface area contributed by atoms with Gasteiger partial charge in [0.25, 0.3) is 10.0 Å². The molecule has 0 radical (unpaired) electrons. The summed E-state index contributed by atoms with van der Waals surface area (Å²) in [5.41, 5.74) is 5.55. The summed E-state index contributed by atoms with van der Waals surface area (Å²) in [6.45, 7) is 1.38. The second-order valence-corrected chi connectivity index (χ2v) is 5.47. The number of nitrogens with one attached hydrogen (secondary N) is 1. The third-order valence-electron chi connectivity index (χ3n) is 2.60. The van der Waals surface area contributed by atoms with Gasteiger partial charge in [-0.3, -0.25) is 0 Å². The molecule has 1 unspecified atom stereocenters. The van der Waals surface area contributed by atoms with Crippen LogP contribution in [0.2, 0.25) is 0 Å². The van der Waals surface area contributed by atoms with Crippen LogP contribution in [0, 0.1) is 0 Å². The number of aromatic nitrogens is 1. The first-order chi connectivity index (χ1) is 7.66. The highest BCUT2D eigenvalue weighted by molar-refractivity contribution is 7.89. The van der Waals surface area contributed by atoms with Crippen LogP contribution in [0.25, 0.3) is 0 Å². The van der Waals surface area contributed by atoms with Crippen molar-refractivity contribution < 1.29 is 13.2 Å². The zero-order valence-corrected chi connectivity index (χ0v) is 9.61. The molecule has 1 aliphatic heterocycles. The van der Waals surface area contributed by atoms with Crippen molar-refractivity contribution >= 4 is 10.0 Å². The molecule has 0 saturated carbocycles. The number of aromatic amines is 1. The van der Waals surface area contributed by atoms with Gasteiger partial charge in [0.05, 0.1) is 19.3 Å². The van der Waals surface area contributed by atoms with E-state index in [9.17, 15) is 8.42 Å². The van der Waals surface area contributed by atoms with Crippen molar-refractivity contribution in [2.45, 2.75) is 11.1 Å². The summed E-state index contributed by atoms with van der Waals surface area (Å²) >= 11 is 0. The van der Waals surface area contributed by atoms with Gasteiger partial charge < -0.3 is 15.5 Å². The number of rotatable bonds is 3. The number of H-pyrrole nitrogens is 1. The molecule has 2 rings (SSSR count). The van der Waals surface area contributed by atoms with Gasteiger partial charge in [-0.1, -0.05) is 0 Å². The normalized spacial score (nSPS) is 23.4. The van der Waals surface area contributed by atoms with E-state index >= 15 is 0 Å². The molecule has 0 amide bonds. The minimum Gasteiger partial charge on any atom is -0.378 e. The van der Waals surface area contributed by atoms with Crippen molar-refractivity contribution in [1.82, 2.24) is 9.29 Å². The largest absolute Gasteiger partial charge is 0.378 e. The van der Waals surface area contributed by atoms with E-state index in [2.05, 4.69) is 4.98 Å². The van der Waals surface area contributed by atoms with E-state index in [0.717, 1.165) is 0 Å². The monoisotopic (exact) mass is 245 g/mol. The van der Waals surface area contributed by atoms with Crippen LogP contribution in [0.4, 0.5) is 0 Å². The maximum absolute atomic E-state index is 12.2. The van der Waals surface area contributed by atoms with Crippen molar-refractivity contribution in [2.75, 3.05) is 26.3 Å². The predicted octanol–water partition coefficient (Wildman–Crippen LogP) is -0.637. The fraction of sp³-hybridized carbons (Fsp3) is 0.556. The lowest BCUT2D eigenvalue weighted by Gasteiger charge is -2.33. The fourth-order valence-corrected chi connectivity index (χ4v) is 3.32. The molecule has 1 saturated heterocycles. The molecule has 1 atom stereocenters. The second kappa shape index (κ2) is 4.54. The molecule has 7 heteroatoms. The minimum absolute atomic E-state index is 0.202. The first-order valence-electron chi connectivity index (χ1n) is 5.09. The predicted molar refractivity (Wildman–Crippen MR) is 58.3 cm³/mol. The topological polar surface area (TPSA) is 88.4 Å². The molecule has 0 spiro atoms. The van der Waals surface area contributed by atoms with E-state index < -0.39 is 10.0 Å². The van der Waals surface area contributed by atoms with Crippen molar-refractivity contribution in [3.05, 3.63) is 18.3 Å². The third-order valence-corrected chi connectivity index (χ3v) is 4.51. The van der Waals surface area contributed by atoms with Crippen LogP contribution in [-0.4, -0.2) is 50.1 Å². The van der Waals surface area contributed by atoms with Crippen LogP contribution in [0.3, 0.4) is 0 Å². The molecule has 1 fully saturated rings. The molecule has 6 nitrogen and oxygen atoms in total. The lowest BCUT2D eigenvalue weighted by atomic mass is 10.3. The molecule has 3 N–H and O–H groups in total. The Labute approximate surface area is 94.4 Å². The van der Waals surface area contributed by atoms with Gasteiger partial charge in [-0.2, -0.15) is 4.31 Å². The molecular weight excluding hydrogens is 230 g/mol. The molecule has 90 valence electrons. The SMILES string of the molecule is NCC1COCCN1S(=O)(=O)c1ccc[nH]1. The molecule has 0 aliphatic carbocycles. The first kappa shape index (κ1) is 11.6. The highest BCUT2D eigenvalue weighted by atomic mass is 32.2. The van der Waals surface area contributed by atoms with Crippen molar-refractivity contribution in [2.24, 2.45) is 5.73 Å². The molecule has 1 aliphatic rings. The number of hydrogen-bond donors (Lipinski definition) is 2. The summed E-state index contributed by atoms with van der Waals surface area (Å²) in [5, 5.41) is 0.202. The zero-order valence-electron chi connectivity index (χ0n) is 8.80. The summed E-state index contributed by atoms with van der Waals surface area (Å²) in [7, 11) is -3.46. The van der Waals surface area contributed by atoms with Gasteiger partial charge in [0.15, 0.2) is 0 Å². The average Bonchev–Trinajstić information content (AvgIpc) is 2.83. The van der Waals surface area contributed by atoms with Crippen LogP contribution in [0.5, 0.6) is 0 Å². The highest BCUT2D eigenvalue weighted by Crippen LogP contribution is 2.18. The fourth-order valence-electron chi connectivity index (χ4n) is 1.74. The summed E-state index contributed by atoms with van der Waals surface area (Å²) in [4.78, 5) is 2.71. The lowest BCUT2D eigenvalue weighted by molar-refractivity contribution is 0.0357. The highest BCUT2D eigenvalue weighted by Gasteiger charge is 2.33. The molecule has 0 bridgehead atoms. The summed E-state index contributed by atoms with van der Waals surface area (Å²) in [6.07, 6.45) is 1.59. The Bertz CT molecular complexity index is 429. The van der Waals surface area contributed by atoms with Crippen LogP contribution in [0.1, 0.15) is 0 Å². The number of ether oxygens (including phenoxy) is 1. The lowest BCUT2D eigenvalue weighted by Crippen LogP contribution is -2.51. The van der Waals surface area contributed by atoms with Gasteiger partial charge in [0, 0.05) is 19.3 Å². The Morgan fingerprint density at radius 1 is 1.62 bits per heavy atom. The Balaban J connectivity index is 2.28. The first-order valence-corrected chi connectivity index (χ1v) is 6.53. The zero-order chi connectivity index (χ0) is 11.6. The van der Waals surface area contributed by atoms with Gasteiger partial charge in [0.1, 0.15) is 5.03 Å². The van der Waals surface area contributed by atoms with Crippen molar-refractivity contribution in [1.29, 1.82) is 0 Å². The smallest absolute Gasteiger partial charge is 0.258 e. The van der Waals surface area contributed by atoms with E-state index in [-0.39, 0.29) is 17.6 Å². The molecule has 1 aromatic heterocycles. The van der Waals surface area contributed by atoms with E-state index in [1.165, 1.54) is 4.31 Å². The number of nitrogens with zero attached hydrogens (tertiary/aromatic N) is 1. The van der Waals surface area contributed by atoms with E-state index in [4.69, 9.17) is 10.5 Å². The second-order valence-electron chi connectivity index (χ2n) is 3.61.